The first-order valence-electron chi connectivity index (χ1n) is 4.79. The molecule has 0 bridgehead atoms. The molecule has 0 rings (SSSR count). The van der Waals surface area contributed by atoms with Gasteiger partial charge in [-0.15, -0.1) is 0 Å². The van der Waals surface area contributed by atoms with Crippen LogP contribution < -0.4 is 0 Å². The van der Waals surface area contributed by atoms with E-state index in [4.69, 9.17) is 4.74 Å². The molecule has 13 heavy (non-hydrogen) atoms. The molecule has 0 heterocycles. The van der Waals surface area contributed by atoms with Crippen LogP contribution in [0.1, 0.15) is 27.2 Å². The zero-order valence-corrected chi connectivity index (χ0v) is 9.99. The fourth-order valence-electron chi connectivity index (χ4n) is 0.751. The standard InChI is InChI=1S/C10H22O2S/c1-9(2)10(3,11)8-13-7-5-6-12-4/h9,11H,5-8H2,1-4H3. The third-order valence-corrected chi connectivity index (χ3v) is 3.64. The molecule has 80 valence electrons. The lowest BCUT2D eigenvalue weighted by atomic mass is 9.95. The Morgan fingerprint density at radius 1 is 1.46 bits per heavy atom. The lowest BCUT2D eigenvalue weighted by molar-refractivity contribution is 0.0376. The van der Waals surface area contributed by atoms with E-state index >= 15 is 0 Å². The molecule has 0 amide bonds. The number of methoxy groups -OCH3 is 1. The van der Waals surface area contributed by atoms with Gasteiger partial charge in [0.25, 0.3) is 0 Å². The van der Waals surface area contributed by atoms with Crippen LogP contribution in [0.3, 0.4) is 0 Å². The summed E-state index contributed by atoms with van der Waals surface area (Å²) in [5, 5.41) is 9.90. The van der Waals surface area contributed by atoms with Gasteiger partial charge in [-0.2, -0.15) is 11.8 Å². The summed E-state index contributed by atoms with van der Waals surface area (Å²) in [5.41, 5.74) is -0.530. The minimum atomic E-state index is -0.530. The SMILES string of the molecule is COCCCSCC(C)(O)C(C)C. The minimum Gasteiger partial charge on any atom is -0.389 e. The van der Waals surface area contributed by atoms with E-state index in [2.05, 4.69) is 13.8 Å². The number of rotatable bonds is 7. The molecule has 1 unspecified atom stereocenters. The maximum Gasteiger partial charge on any atom is 0.0732 e. The van der Waals surface area contributed by atoms with E-state index in [0.717, 1.165) is 24.5 Å². The molecule has 3 heteroatoms. The summed E-state index contributed by atoms with van der Waals surface area (Å²) >= 11 is 1.80. The van der Waals surface area contributed by atoms with Crippen LogP contribution in [-0.4, -0.2) is 35.9 Å². The van der Waals surface area contributed by atoms with Crippen LogP contribution in [0.2, 0.25) is 0 Å². The van der Waals surface area contributed by atoms with Crippen molar-refractivity contribution in [2.24, 2.45) is 5.92 Å². The predicted octanol–water partition coefficient (Wildman–Crippen LogP) is 2.16. The summed E-state index contributed by atoms with van der Waals surface area (Å²) in [7, 11) is 1.72. The Bertz CT molecular complexity index is 124. The number of aliphatic hydroxyl groups is 1. The van der Waals surface area contributed by atoms with Gasteiger partial charge in [-0.05, 0) is 25.0 Å². The second-order valence-corrected chi connectivity index (χ2v) is 5.02. The smallest absolute Gasteiger partial charge is 0.0732 e. The molecule has 1 N–H and O–H groups in total. The summed E-state index contributed by atoms with van der Waals surface area (Å²) in [5.74, 6) is 2.20. The second kappa shape index (κ2) is 6.68. The number of ether oxygens (including phenoxy) is 1. The van der Waals surface area contributed by atoms with Crippen molar-refractivity contribution < 1.29 is 9.84 Å². The Balaban J connectivity index is 3.41. The highest BCUT2D eigenvalue weighted by molar-refractivity contribution is 7.99. The topological polar surface area (TPSA) is 29.5 Å². The molecule has 0 saturated heterocycles. The highest BCUT2D eigenvalue weighted by atomic mass is 32.2. The third kappa shape index (κ3) is 6.36. The Hall–Kier alpha value is 0.270. The summed E-state index contributed by atoms with van der Waals surface area (Å²) in [6, 6.07) is 0. The van der Waals surface area contributed by atoms with Gasteiger partial charge >= 0.3 is 0 Å². The van der Waals surface area contributed by atoms with E-state index < -0.39 is 5.60 Å². The van der Waals surface area contributed by atoms with Gasteiger partial charge in [-0.1, -0.05) is 13.8 Å². The quantitative estimate of drug-likeness (QED) is 0.647. The molecule has 0 aromatic rings. The van der Waals surface area contributed by atoms with Gasteiger partial charge in [0.15, 0.2) is 0 Å². The van der Waals surface area contributed by atoms with E-state index in [9.17, 15) is 5.11 Å². The van der Waals surface area contributed by atoms with Gasteiger partial charge in [-0.25, -0.2) is 0 Å². The minimum absolute atomic E-state index is 0.322. The van der Waals surface area contributed by atoms with Crippen LogP contribution in [0, 0.1) is 5.92 Å². The number of hydrogen-bond donors (Lipinski definition) is 1. The van der Waals surface area contributed by atoms with Gasteiger partial charge in [0.2, 0.25) is 0 Å². The largest absolute Gasteiger partial charge is 0.389 e. The Kier molecular flexibility index (Phi) is 6.82. The maximum atomic E-state index is 9.90. The number of hydrogen-bond acceptors (Lipinski definition) is 3. The summed E-state index contributed by atoms with van der Waals surface area (Å²) < 4.78 is 4.95. The lowest BCUT2D eigenvalue weighted by Crippen LogP contribution is -2.33. The van der Waals surface area contributed by atoms with Crippen LogP contribution in [-0.2, 0) is 4.74 Å². The Morgan fingerprint density at radius 2 is 2.08 bits per heavy atom. The van der Waals surface area contributed by atoms with Crippen molar-refractivity contribution >= 4 is 11.8 Å². The first-order chi connectivity index (χ1) is 6.00. The first-order valence-corrected chi connectivity index (χ1v) is 5.95. The van der Waals surface area contributed by atoms with Crippen molar-refractivity contribution in [2.45, 2.75) is 32.8 Å². The third-order valence-electron chi connectivity index (χ3n) is 2.28. The van der Waals surface area contributed by atoms with Gasteiger partial charge < -0.3 is 9.84 Å². The molecule has 0 aliphatic rings. The Labute approximate surface area is 86.1 Å². The summed E-state index contributed by atoms with van der Waals surface area (Å²) in [4.78, 5) is 0. The zero-order chi connectivity index (χ0) is 10.3. The molecule has 2 nitrogen and oxygen atoms in total. The van der Waals surface area contributed by atoms with Gasteiger partial charge in [-0.3, -0.25) is 0 Å². The molecule has 0 radical (unpaired) electrons. The van der Waals surface area contributed by atoms with E-state index in [0.29, 0.717) is 5.92 Å². The zero-order valence-electron chi connectivity index (χ0n) is 9.17. The van der Waals surface area contributed by atoms with Crippen molar-refractivity contribution in [3.8, 4) is 0 Å². The van der Waals surface area contributed by atoms with Crippen molar-refractivity contribution in [3.05, 3.63) is 0 Å². The molecule has 0 saturated carbocycles. The van der Waals surface area contributed by atoms with Gasteiger partial charge in [0.1, 0.15) is 0 Å². The average molecular weight is 206 g/mol. The van der Waals surface area contributed by atoms with Crippen LogP contribution in [0.25, 0.3) is 0 Å². The normalized spacial score (nSPS) is 16.2. The van der Waals surface area contributed by atoms with Gasteiger partial charge in [0.05, 0.1) is 5.60 Å². The highest BCUT2D eigenvalue weighted by Crippen LogP contribution is 2.21. The van der Waals surface area contributed by atoms with Crippen molar-refractivity contribution in [2.75, 3.05) is 25.2 Å². The second-order valence-electron chi connectivity index (χ2n) is 3.91. The van der Waals surface area contributed by atoms with Crippen LogP contribution in [0.4, 0.5) is 0 Å². The monoisotopic (exact) mass is 206 g/mol. The molecule has 0 aromatic heterocycles. The molecule has 0 fully saturated rings. The highest BCUT2D eigenvalue weighted by Gasteiger charge is 2.24. The van der Waals surface area contributed by atoms with Crippen molar-refractivity contribution in [1.29, 1.82) is 0 Å². The van der Waals surface area contributed by atoms with E-state index in [1.807, 2.05) is 6.92 Å². The first kappa shape index (κ1) is 13.3. The van der Waals surface area contributed by atoms with Crippen molar-refractivity contribution in [3.63, 3.8) is 0 Å². The van der Waals surface area contributed by atoms with Crippen molar-refractivity contribution in [1.82, 2.24) is 0 Å². The molecule has 0 spiro atoms. The lowest BCUT2D eigenvalue weighted by Gasteiger charge is -2.27. The van der Waals surface area contributed by atoms with Crippen LogP contribution in [0.15, 0.2) is 0 Å². The summed E-state index contributed by atoms with van der Waals surface area (Å²) in [6.07, 6.45) is 1.06. The molecular weight excluding hydrogens is 184 g/mol. The Morgan fingerprint density at radius 3 is 2.54 bits per heavy atom. The molecule has 0 aliphatic carbocycles. The van der Waals surface area contributed by atoms with E-state index in [1.54, 1.807) is 18.9 Å². The van der Waals surface area contributed by atoms with E-state index in [1.165, 1.54) is 0 Å². The molecule has 1 atom stereocenters. The molecule has 0 aromatic carbocycles. The van der Waals surface area contributed by atoms with Gasteiger partial charge in [0, 0.05) is 19.5 Å². The van der Waals surface area contributed by atoms with Crippen LogP contribution in [0.5, 0.6) is 0 Å². The average Bonchev–Trinajstić information content (AvgIpc) is 2.03. The number of thioether (sulfide) groups is 1. The molecular formula is C10H22O2S. The van der Waals surface area contributed by atoms with Crippen LogP contribution >= 0.6 is 11.8 Å². The maximum absolute atomic E-state index is 9.90. The fourth-order valence-corrected chi connectivity index (χ4v) is 1.96. The summed E-state index contributed by atoms with van der Waals surface area (Å²) in [6.45, 7) is 6.82. The molecule has 0 aliphatic heterocycles. The fraction of sp³-hybridized carbons (Fsp3) is 1.00. The van der Waals surface area contributed by atoms with E-state index in [-0.39, 0.29) is 0 Å². The predicted molar refractivity (Wildman–Crippen MR) is 59.3 cm³/mol.